The van der Waals surface area contributed by atoms with E-state index in [2.05, 4.69) is 0 Å². The molecule has 2 aromatic carbocycles. The van der Waals surface area contributed by atoms with Gasteiger partial charge in [-0.2, -0.15) is 0 Å². The minimum Gasteiger partial charge on any atom is -0.464 e. The molecule has 1 aliphatic heterocycles. The first-order valence-corrected chi connectivity index (χ1v) is 10.6. The van der Waals surface area contributed by atoms with Crippen LogP contribution in [0.15, 0.2) is 54.6 Å². The third kappa shape index (κ3) is 5.51. The van der Waals surface area contributed by atoms with E-state index >= 15 is 0 Å². The molecule has 1 heterocycles. The number of carbonyl (C=O) groups is 3. The van der Waals surface area contributed by atoms with E-state index in [1.165, 1.54) is 0 Å². The molecule has 164 valence electrons. The monoisotopic (exact) mass is 423 g/mol. The van der Waals surface area contributed by atoms with Gasteiger partial charge in [-0.3, -0.25) is 4.79 Å². The van der Waals surface area contributed by atoms with Crippen LogP contribution in [0.5, 0.6) is 0 Å². The van der Waals surface area contributed by atoms with E-state index in [-0.39, 0.29) is 13.0 Å². The highest BCUT2D eigenvalue weighted by Gasteiger charge is 2.48. The van der Waals surface area contributed by atoms with E-state index in [1.54, 1.807) is 27.7 Å². The molecule has 0 bridgehead atoms. The summed E-state index contributed by atoms with van der Waals surface area (Å²) in [6.45, 7) is 7.03. The van der Waals surface area contributed by atoms with Crippen molar-refractivity contribution in [2.24, 2.45) is 5.92 Å². The van der Waals surface area contributed by atoms with Crippen LogP contribution in [0.3, 0.4) is 0 Å². The lowest BCUT2D eigenvalue weighted by Crippen LogP contribution is -2.46. The Bertz CT molecular complexity index is 948. The van der Waals surface area contributed by atoms with Crippen molar-refractivity contribution in [3.8, 4) is 11.1 Å². The fourth-order valence-corrected chi connectivity index (χ4v) is 3.76. The van der Waals surface area contributed by atoms with E-state index in [9.17, 15) is 14.4 Å². The Morgan fingerprint density at radius 2 is 1.71 bits per heavy atom. The maximum Gasteiger partial charge on any atom is 0.417 e. The van der Waals surface area contributed by atoms with Crippen LogP contribution < -0.4 is 0 Å². The quantitative estimate of drug-likeness (QED) is 0.657. The van der Waals surface area contributed by atoms with Crippen molar-refractivity contribution in [2.45, 2.75) is 52.2 Å². The molecule has 0 N–H and O–H groups in total. The summed E-state index contributed by atoms with van der Waals surface area (Å²) >= 11 is 0. The van der Waals surface area contributed by atoms with Crippen LogP contribution in [0.4, 0.5) is 4.79 Å². The molecule has 3 rings (SSSR count). The predicted octanol–water partition coefficient (Wildman–Crippen LogP) is 4.61. The Morgan fingerprint density at radius 3 is 2.35 bits per heavy atom. The van der Waals surface area contributed by atoms with Crippen LogP contribution in [0.2, 0.25) is 0 Å². The minimum atomic E-state index is -0.968. The molecular weight excluding hydrogens is 394 g/mol. The second-order valence-corrected chi connectivity index (χ2v) is 8.66. The smallest absolute Gasteiger partial charge is 0.417 e. The van der Waals surface area contributed by atoms with Crippen molar-refractivity contribution in [1.29, 1.82) is 0 Å². The molecule has 1 aliphatic rings. The number of nitrogens with zero attached hydrogens (tertiary/aromatic N) is 1. The van der Waals surface area contributed by atoms with Crippen molar-refractivity contribution in [3.05, 3.63) is 60.2 Å². The van der Waals surface area contributed by atoms with Gasteiger partial charge < -0.3 is 9.47 Å². The van der Waals surface area contributed by atoms with Gasteiger partial charge in [-0.1, -0.05) is 54.6 Å². The average molecular weight is 424 g/mol. The first kappa shape index (κ1) is 22.5. The molecule has 0 aromatic heterocycles. The predicted molar refractivity (Wildman–Crippen MR) is 117 cm³/mol. The molecule has 2 amide bonds. The largest absolute Gasteiger partial charge is 0.464 e. The van der Waals surface area contributed by atoms with Crippen molar-refractivity contribution in [2.75, 3.05) is 6.61 Å². The van der Waals surface area contributed by atoms with Crippen molar-refractivity contribution in [3.63, 3.8) is 0 Å². The number of hydrogen-bond acceptors (Lipinski definition) is 5. The molecule has 6 nitrogen and oxygen atoms in total. The van der Waals surface area contributed by atoms with Gasteiger partial charge in [-0.05, 0) is 57.2 Å². The van der Waals surface area contributed by atoms with E-state index in [0.717, 1.165) is 21.6 Å². The topological polar surface area (TPSA) is 72.9 Å². The summed E-state index contributed by atoms with van der Waals surface area (Å²) in [5.74, 6) is -1.49. The molecule has 0 aliphatic carbocycles. The van der Waals surface area contributed by atoms with Crippen LogP contribution in [0, 0.1) is 5.92 Å². The Hall–Kier alpha value is -3.15. The van der Waals surface area contributed by atoms with E-state index in [0.29, 0.717) is 6.42 Å². The van der Waals surface area contributed by atoms with Gasteiger partial charge in [0.1, 0.15) is 11.6 Å². The summed E-state index contributed by atoms with van der Waals surface area (Å²) in [5.41, 5.74) is 2.32. The normalized spacial score (nSPS) is 18.7. The number of amides is 2. The van der Waals surface area contributed by atoms with Crippen molar-refractivity contribution < 1.29 is 23.9 Å². The Labute approximate surface area is 183 Å². The lowest BCUT2D eigenvalue weighted by molar-refractivity contribution is -0.151. The minimum absolute atomic E-state index is 0.176. The molecule has 1 fully saturated rings. The Kier molecular flexibility index (Phi) is 6.78. The molecule has 2 atom stereocenters. The number of hydrogen-bond donors (Lipinski definition) is 0. The summed E-state index contributed by atoms with van der Waals surface area (Å²) < 4.78 is 10.5. The first-order chi connectivity index (χ1) is 14.7. The number of benzene rings is 2. The number of likely N-dealkylation sites (tertiary alicyclic amines) is 1. The average Bonchev–Trinajstić information content (AvgIpc) is 3.04. The first-order valence-electron chi connectivity index (χ1n) is 10.6. The standard InChI is InChI=1S/C25H29NO5/c1-5-30-23(28)21-16-20(22(27)26(21)24(29)31-25(2,3)4)15-17-10-9-13-19(14-17)18-11-7-6-8-12-18/h6-14,20-21H,5,15-16H2,1-4H3/t20-,21+/m0/s1. The number of esters is 1. The Balaban J connectivity index is 1.82. The summed E-state index contributed by atoms with van der Waals surface area (Å²) in [4.78, 5) is 39.3. The van der Waals surface area contributed by atoms with Crippen LogP contribution in [0.25, 0.3) is 11.1 Å². The molecule has 2 aromatic rings. The summed E-state index contributed by atoms with van der Waals surface area (Å²) in [6.07, 6.45) is -0.169. The van der Waals surface area contributed by atoms with Gasteiger partial charge in [-0.15, -0.1) is 0 Å². The van der Waals surface area contributed by atoms with Gasteiger partial charge >= 0.3 is 12.1 Å². The van der Waals surface area contributed by atoms with Crippen LogP contribution in [-0.4, -0.2) is 41.1 Å². The second kappa shape index (κ2) is 9.33. The van der Waals surface area contributed by atoms with Crippen LogP contribution in [0.1, 0.15) is 39.7 Å². The Morgan fingerprint density at radius 1 is 1.03 bits per heavy atom. The maximum absolute atomic E-state index is 13.1. The number of carbonyl (C=O) groups excluding carboxylic acids is 3. The highest BCUT2D eigenvalue weighted by atomic mass is 16.6. The molecule has 1 saturated heterocycles. The fraction of sp³-hybridized carbons (Fsp3) is 0.400. The second-order valence-electron chi connectivity index (χ2n) is 8.66. The number of imide groups is 1. The SMILES string of the molecule is CCOC(=O)[C@H]1C[C@H](Cc2cccc(-c3ccccc3)c2)C(=O)N1C(=O)OC(C)(C)C. The van der Waals surface area contributed by atoms with Gasteiger partial charge in [0.15, 0.2) is 0 Å². The fourth-order valence-electron chi connectivity index (χ4n) is 3.76. The lowest BCUT2D eigenvalue weighted by Gasteiger charge is -2.26. The number of ether oxygens (including phenoxy) is 2. The zero-order valence-corrected chi connectivity index (χ0v) is 18.5. The lowest BCUT2D eigenvalue weighted by atomic mass is 9.94. The summed E-state index contributed by atoms with van der Waals surface area (Å²) in [7, 11) is 0. The molecule has 0 unspecified atom stereocenters. The van der Waals surface area contributed by atoms with Crippen LogP contribution >= 0.6 is 0 Å². The maximum atomic E-state index is 13.1. The molecule has 31 heavy (non-hydrogen) atoms. The molecule has 0 radical (unpaired) electrons. The van der Waals surface area contributed by atoms with Gasteiger partial charge in [0, 0.05) is 5.92 Å². The summed E-state index contributed by atoms with van der Waals surface area (Å²) in [6, 6.07) is 17.0. The van der Waals surface area contributed by atoms with Gasteiger partial charge in [0.25, 0.3) is 0 Å². The van der Waals surface area contributed by atoms with Gasteiger partial charge in [0.05, 0.1) is 6.61 Å². The van der Waals surface area contributed by atoms with Crippen molar-refractivity contribution >= 4 is 18.0 Å². The highest BCUT2D eigenvalue weighted by molar-refractivity contribution is 6.00. The zero-order valence-electron chi connectivity index (χ0n) is 18.5. The van der Waals surface area contributed by atoms with Crippen LogP contribution in [-0.2, 0) is 25.5 Å². The molecule has 0 saturated carbocycles. The van der Waals surface area contributed by atoms with E-state index in [1.807, 2.05) is 54.6 Å². The van der Waals surface area contributed by atoms with E-state index < -0.39 is 35.5 Å². The number of rotatable bonds is 5. The zero-order chi connectivity index (χ0) is 22.6. The van der Waals surface area contributed by atoms with Gasteiger partial charge in [0.2, 0.25) is 5.91 Å². The molecular formula is C25H29NO5. The highest BCUT2D eigenvalue weighted by Crippen LogP contribution is 2.31. The third-order valence-electron chi connectivity index (χ3n) is 5.07. The molecule has 6 heteroatoms. The third-order valence-corrected chi connectivity index (χ3v) is 5.07. The van der Waals surface area contributed by atoms with Gasteiger partial charge in [-0.25, -0.2) is 14.5 Å². The molecule has 0 spiro atoms. The van der Waals surface area contributed by atoms with Crippen molar-refractivity contribution in [1.82, 2.24) is 4.90 Å². The summed E-state index contributed by atoms with van der Waals surface area (Å²) in [5, 5.41) is 0. The van der Waals surface area contributed by atoms with E-state index in [4.69, 9.17) is 9.47 Å².